The number of benzene rings is 1. The van der Waals surface area contributed by atoms with Gasteiger partial charge in [-0.25, -0.2) is 8.42 Å². The lowest BCUT2D eigenvalue weighted by atomic mass is 9.91. The van der Waals surface area contributed by atoms with Gasteiger partial charge in [0, 0.05) is 5.41 Å². The van der Waals surface area contributed by atoms with Gasteiger partial charge in [0.2, 0.25) is 10.0 Å². The zero-order valence-corrected chi connectivity index (χ0v) is 13.9. The van der Waals surface area contributed by atoms with Crippen LogP contribution in [-0.4, -0.2) is 33.3 Å². The summed E-state index contributed by atoms with van der Waals surface area (Å²) in [6.45, 7) is 4.09. The van der Waals surface area contributed by atoms with Crippen molar-refractivity contribution >= 4 is 21.8 Å². The Bertz CT molecular complexity index is 725. The Kier molecular flexibility index (Phi) is 6.01. The lowest BCUT2D eigenvalue weighted by molar-refractivity contribution is -0.148. The van der Waals surface area contributed by atoms with Crippen LogP contribution in [0.2, 0.25) is 0 Å². The molecule has 0 aromatic heterocycles. The van der Waals surface area contributed by atoms with Gasteiger partial charge in [-0.3, -0.25) is 9.59 Å². The van der Waals surface area contributed by atoms with Gasteiger partial charge < -0.3 is 4.74 Å². The minimum atomic E-state index is -3.89. The van der Waals surface area contributed by atoms with Gasteiger partial charge in [0.25, 0.3) is 0 Å². The molecule has 0 spiro atoms. The third kappa shape index (κ3) is 5.81. The maximum Gasteiger partial charge on any atom is 0.321 e. The number of hydrogen-bond donors (Lipinski definition) is 1. The molecule has 23 heavy (non-hydrogen) atoms. The van der Waals surface area contributed by atoms with E-state index in [1.54, 1.807) is 20.8 Å². The molecule has 0 fully saturated rings. The predicted molar refractivity (Wildman–Crippen MR) is 81.8 cm³/mol. The summed E-state index contributed by atoms with van der Waals surface area (Å²) < 4.78 is 30.7. The second-order valence-corrected chi connectivity index (χ2v) is 7.56. The average molecular weight is 338 g/mol. The Morgan fingerprint density at radius 3 is 2.26 bits per heavy atom. The van der Waals surface area contributed by atoms with Crippen molar-refractivity contribution in [2.75, 3.05) is 13.2 Å². The Morgan fingerprint density at radius 1 is 1.22 bits per heavy atom. The average Bonchev–Trinajstić information content (AvgIpc) is 2.49. The van der Waals surface area contributed by atoms with Crippen LogP contribution in [0.3, 0.4) is 0 Å². The zero-order chi connectivity index (χ0) is 17.7. The number of carbonyl (C=O) groups is 2. The van der Waals surface area contributed by atoms with Crippen LogP contribution in [0.1, 0.15) is 26.3 Å². The van der Waals surface area contributed by atoms with E-state index >= 15 is 0 Å². The van der Waals surface area contributed by atoms with Crippen LogP contribution in [0.4, 0.5) is 0 Å². The summed E-state index contributed by atoms with van der Waals surface area (Å²) >= 11 is 0. The Morgan fingerprint density at radius 2 is 1.78 bits per heavy atom. The highest BCUT2D eigenvalue weighted by Crippen LogP contribution is 2.14. The lowest BCUT2D eigenvalue weighted by Gasteiger charge is -2.16. The summed E-state index contributed by atoms with van der Waals surface area (Å²) in [7, 11) is -3.89. The summed E-state index contributed by atoms with van der Waals surface area (Å²) in [5.74, 6) is -1.11. The third-order valence-corrected chi connectivity index (χ3v) is 4.32. The molecule has 0 saturated heterocycles. The molecule has 0 aliphatic carbocycles. The van der Waals surface area contributed by atoms with E-state index in [0.717, 1.165) is 0 Å². The number of ether oxygens (including phenoxy) is 1. The number of carbonyl (C=O) groups excluding carboxylic acids is 2. The molecular weight excluding hydrogens is 320 g/mol. The highest BCUT2D eigenvalue weighted by atomic mass is 32.2. The van der Waals surface area contributed by atoms with Crippen LogP contribution in [0.25, 0.3) is 0 Å². The first-order chi connectivity index (χ1) is 10.6. The van der Waals surface area contributed by atoms with Gasteiger partial charge in [-0.1, -0.05) is 20.8 Å². The van der Waals surface area contributed by atoms with Crippen LogP contribution in [0.5, 0.6) is 0 Å². The summed E-state index contributed by atoms with van der Waals surface area (Å²) in [5.41, 5.74) is -0.313. The molecule has 0 bridgehead atoms. The molecule has 0 heterocycles. The molecule has 0 aliphatic rings. The van der Waals surface area contributed by atoms with E-state index in [2.05, 4.69) is 4.72 Å². The van der Waals surface area contributed by atoms with Crippen LogP contribution in [0.15, 0.2) is 29.2 Å². The Hall–Kier alpha value is -2.24. The number of esters is 1. The van der Waals surface area contributed by atoms with Gasteiger partial charge in [0.15, 0.2) is 12.4 Å². The fourth-order valence-corrected chi connectivity index (χ4v) is 2.33. The largest absolute Gasteiger partial charge is 0.457 e. The normalized spacial score (nSPS) is 11.6. The molecule has 1 aromatic carbocycles. The lowest BCUT2D eigenvalue weighted by Crippen LogP contribution is -2.33. The predicted octanol–water partition coefficient (Wildman–Crippen LogP) is 0.995. The molecule has 1 aromatic rings. The van der Waals surface area contributed by atoms with Gasteiger partial charge in [-0.05, 0) is 24.3 Å². The van der Waals surface area contributed by atoms with Crippen molar-refractivity contribution in [2.45, 2.75) is 25.7 Å². The first kappa shape index (κ1) is 18.8. The smallest absolute Gasteiger partial charge is 0.321 e. The van der Waals surface area contributed by atoms with Gasteiger partial charge in [0.05, 0.1) is 16.5 Å². The minimum absolute atomic E-state index is 0.0740. The van der Waals surface area contributed by atoms with Crippen molar-refractivity contribution in [2.24, 2.45) is 5.41 Å². The molecule has 0 aliphatic heterocycles. The second kappa shape index (κ2) is 7.35. The standard InChI is InChI=1S/C15H18N2O5S/c1-15(2,3)13(18)10-22-14(19)9-17-23(20,21)12-6-4-11(8-16)5-7-12/h4-7,17H,9-10H2,1-3H3. The van der Waals surface area contributed by atoms with Gasteiger partial charge in [0.1, 0.15) is 6.54 Å². The van der Waals surface area contributed by atoms with Gasteiger partial charge >= 0.3 is 5.97 Å². The maximum absolute atomic E-state index is 12.0. The number of Topliss-reactive ketones (excluding diaryl/α,β-unsaturated/α-hetero) is 1. The van der Waals surface area contributed by atoms with E-state index in [-0.39, 0.29) is 10.7 Å². The number of nitrogens with one attached hydrogen (secondary N) is 1. The molecule has 1 N–H and O–H groups in total. The molecule has 0 saturated carbocycles. The summed E-state index contributed by atoms with van der Waals surface area (Å²) in [6, 6.07) is 7.10. The fourth-order valence-electron chi connectivity index (χ4n) is 1.36. The minimum Gasteiger partial charge on any atom is -0.457 e. The van der Waals surface area contributed by atoms with Crippen molar-refractivity contribution < 1.29 is 22.7 Å². The molecule has 0 radical (unpaired) electrons. The molecular formula is C15H18N2O5S. The zero-order valence-electron chi connectivity index (χ0n) is 13.1. The first-order valence-corrected chi connectivity index (χ1v) is 8.23. The van der Waals surface area contributed by atoms with Crippen LogP contribution in [0, 0.1) is 16.7 Å². The van der Waals surface area contributed by atoms with E-state index in [1.165, 1.54) is 24.3 Å². The summed E-state index contributed by atoms with van der Waals surface area (Å²) in [6.07, 6.45) is 0. The molecule has 0 unspecified atom stereocenters. The number of rotatable bonds is 6. The number of sulfonamides is 1. The SMILES string of the molecule is CC(C)(C)C(=O)COC(=O)CNS(=O)(=O)c1ccc(C#N)cc1. The van der Waals surface area contributed by atoms with Crippen LogP contribution < -0.4 is 4.72 Å². The number of nitriles is 1. The monoisotopic (exact) mass is 338 g/mol. The molecule has 124 valence electrons. The number of ketones is 1. The van der Waals surface area contributed by atoms with E-state index in [4.69, 9.17) is 10.00 Å². The molecule has 0 atom stereocenters. The highest BCUT2D eigenvalue weighted by Gasteiger charge is 2.23. The second-order valence-electron chi connectivity index (χ2n) is 5.79. The third-order valence-electron chi connectivity index (χ3n) is 2.90. The molecule has 7 nitrogen and oxygen atoms in total. The summed E-state index contributed by atoms with van der Waals surface area (Å²) in [4.78, 5) is 23.0. The number of nitrogens with zero attached hydrogens (tertiary/aromatic N) is 1. The fraction of sp³-hybridized carbons (Fsp3) is 0.400. The van der Waals surface area contributed by atoms with Crippen molar-refractivity contribution in [1.29, 1.82) is 5.26 Å². The van der Waals surface area contributed by atoms with Crippen molar-refractivity contribution in [1.82, 2.24) is 4.72 Å². The van der Waals surface area contributed by atoms with E-state index in [1.807, 2.05) is 6.07 Å². The van der Waals surface area contributed by atoms with Crippen LogP contribution in [-0.2, 0) is 24.3 Å². The summed E-state index contributed by atoms with van der Waals surface area (Å²) in [5, 5.41) is 8.66. The Balaban J connectivity index is 2.57. The molecule has 1 rings (SSSR count). The molecule has 8 heteroatoms. The van der Waals surface area contributed by atoms with Crippen LogP contribution >= 0.6 is 0 Å². The van der Waals surface area contributed by atoms with Crippen molar-refractivity contribution in [3.05, 3.63) is 29.8 Å². The van der Waals surface area contributed by atoms with Crippen molar-refractivity contribution in [3.63, 3.8) is 0 Å². The highest BCUT2D eigenvalue weighted by molar-refractivity contribution is 7.89. The Labute approximate surface area is 135 Å². The van der Waals surface area contributed by atoms with E-state index < -0.39 is 34.6 Å². The molecule has 0 amide bonds. The first-order valence-electron chi connectivity index (χ1n) is 6.75. The van der Waals surface area contributed by atoms with Crippen molar-refractivity contribution in [3.8, 4) is 6.07 Å². The van der Waals surface area contributed by atoms with E-state index in [9.17, 15) is 18.0 Å². The van der Waals surface area contributed by atoms with E-state index in [0.29, 0.717) is 5.56 Å². The maximum atomic E-state index is 12.0. The number of hydrogen-bond acceptors (Lipinski definition) is 6. The van der Waals surface area contributed by atoms with Gasteiger partial charge in [-0.15, -0.1) is 0 Å². The topological polar surface area (TPSA) is 113 Å². The quantitative estimate of drug-likeness (QED) is 0.774. The van der Waals surface area contributed by atoms with Gasteiger partial charge in [-0.2, -0.15) is 9.98 Å².